The molecule has 0 amide bonds. The van der Waals surface area contributed by atoms with Gasteiger partial charge in [-0.05, 0) is 92.1 Å². The number of hydrogen-bond donors (Lipinski definition) is 1. The molecular formula is C42H36BrF6N5O9. The van der Waals surface area contributed by atoms with Crippen LogP contribution in [0.3, 0.4) is 0 Å². The zero-order chi connectivity index (χ0) is 47.1. The summed E-state index contributed by atoms with van der Waals surface area (Å²) >= 11 is 3.13. The Morgan fingerprint density at radius 2 is 1.05 bits per heavy atom. The summed E-state index contributed by atoms with van der Waals surface area (Å²) in [6, 6.07) is 12.7. The number of rotatable bonds is 8. The lowest BCUT2D eigenvalue weighted by Gasteiger charge is -2.08. The van der Waals surface area contributed by atoms with E-state index in [4.69, 9.17) is 5.11 Å². The minimum atomic E-state index is -1.36. The number of ether oxygens (including phenoxy) is 2. The van der Waals surface area contributed by atoms with Crippen molar-refractivity contribution in [1.82, 2.24) is 19.6 Å². The van der Waals surface area contributed by atoms with E-state index in [0.29, 0.717) is 33.6 Å². The van der Waals surface area contributed by atoms with Gasteiger partial charge < -0.3 is 14.6 Å². The predicted molar refractivity (Wildman–Crippen MR) is 218 cm³/mol. The SMILES string of the molecule is COC(=O)C1=CC(C)=NCC1=O.COC(=O)c1cc(C)nn(Cc2ccc(F)c(F)c2)c1=O.Cc1cc(C(=O)O)c(=O)n(Cc2ccc(F)c(F)c2)n1.Fc1ccc(CBr)cc1F. The Balaban J connectivity index is 0.000000233. The molecule has 332 valence electrons. The second kappa shape index (κ2) is 23.3. The van der Waals surface area contributed by atoms with Crippen LogP contribution in [0.1, 0.15) is 55.7 Å². The minimum Gasteiger partial charge on any atom is -0.477 e. The smallest absolute Gasteiger partial charge is 0.343 e. The molecular weight excluding hydrogens is 912 g/mol. The van der Waals surface area contributed by atoms with E-state index < -0.39 is 69.5 Å². The number of hydrogen-bond acceptors (Lipinski definition) is 11. The summed E-state index contributed by atoms with van der Waals surface area (Å²) < 4.78 is 87.4. The zero-order valence-corrected chi connectivity index (χ0v) is 35.4. The summed E-state index contributed by atoms with van der Waals surface area (Å²) in [4.78, 5) is 72.3. The largest absolute Gasteiger partial charge is 0.477 e. The number of nitrogens with zero attached hydrogens (tertiary/aromatic N) is 5. The highest BCUT2D eigenvalue weighted by molar-refractivity contribution is 9.08. The number of aromatic nitrogens is 4. The zero-order valence-electron chi connectivity index (χ0n) is 33.9. The molecule has 5 aromatic rings. The standard InChI is InChI=1S/C14H12F2N2O3.C13H10F2N2O3.C8H9NO3.C7H5BrF2/c1-8-5-10(14(20)21-2)13(19)18(17-8)7-9-3-4-11(15)12(16)6-9;1-7-4-9(13(19)20)12(18)17(16-7)6-8-2-3-10(14)11(15)5-8;1-5-3-6(8(11)12-2)7(10)4-9-5;8-4-5-1-2-6(9)7(10)3-5/h3-6H,7H2,1-2H3;2-5H,6H2,1H3,(H,19,20);3H,4H2,1-2H3;1-3H,4H2. The molecule has 3 heterocycles. The molecule has 1 aliphatic heterocycles. The average Bonchev–Trinajstić information content (AvgIpc) is 3.24. The molecule has 6 rings (SSSR count). The molecule has 1 aliphatic rings. The van der Waals surface area contributed by atoms with Crippen molar-refractivity contribution in [3.05, 3.63) is 173 Å². The molecule has 0 bridgehead atoms. The number of benzene rings is 3. The van der Waals surface area contributed by atoms with Crippen LogP contribution in [0.4, 0.5) is 26.3 Å². The number of Topliss-reactive ketones (excluding diaryl/α,β-unsaturated/α-hetero) is 1. The first kappa shape index (κ1) is 50.3. The Morgan fingerprint density at radius 1 is 0.635 bits per heavy atom. The normalized spacial score (nSPS) is 11.6. The Bertz CT molecular complexity index is 2720. The second-order valence-corrected chi connectivity index (χ2v) is 13.5. The molecule has 0 saturated heterocycles. The van der Waals surface area contributed by atoms with Gasteiger partial charge in [-0.3, -0.25) is 19.4 Å². The van der Waals surface area contributed by atoms with Gasteiger partial charge >= 0.3 is 17.9 Å². The van der Waals surface area contributed by atoms with Gasteiger partial charge in [-0.25, -0.2) is 50.1 Å². The Labute approximate surface area is 362 Å². The summed E-state index contributed by atoms with van der Waals surface area (Å²) in [5.74, 6) is -8.63. The number of halogens is 7. The number of aliphatic imine (C=N–C) groups is 1. The lowest BCUT2D eigenvalue weighted by atomic mass is 10.1. The van der Waals surface area contributed by atoms with Crippen molar-refractivity contribution in [2.75, 3.05) is 20.8 Å². The molecule has 0 spiro atoms. The highest BCUT2D eigenvalue weighted by atomic mass is 79.9. The average molecular weight is 949 g/mol. The van der Waals surface area contributed by atoms with E-state index in [1.807, 2.05) is 0 Å². The maximum atomic E-state index is 13.2. The fourth-order valence-corrected chi connectivity index (χ4v) is 5.47. The Hall–Kier alpha value is -7.03. The molecule has 2 aromatic heterocycles. The van der Waals surface area contributed by atoms with Crippen LogP contribution in [0.5, 0.6) is 0 Å². The third kappa shape index (κ3) is 14.5. The van der Waals surface area contributed by atoms with E-state index in [9.17, 15) is 55.1 Å². The van der Waals surface area contributed by atoms with E-state index in [2.05, 4.69) is 40.6 Å². The van der Waals surface area contributed by atoms with Crippen molar-refractivity contribution >= 4 is 45.3 Å². The van der Waals surface area contributed by atoms with E-state index in [0.717, 1.165) is 58.4 Å². The van der Waals surface area contributed by atoms with Crippen LogP contribution in [-0.2, 0) is 37.5 Å². The maximum absolute atomic E-state index is 13.2. The number of esters is 2. The molecule has 1 N–H and O–H groups in total. The second-order valence-electron chi connectivity index (χ2n) is 12.9. The third-order valence-corrected chi connectivity index (χ3v) is 8.78. The number of alkyl halides is 1. The number of allylic oxidation sites excluding steroid dienone is 1. The monoisotopic (exact) mass is 947 g/mol. The summed E-state index contributed by atoms with van der Waals surface area (Å²) in [6.07, 6.45) is 1.44. The number of dihydropyridines is 1. The third-order valence-electron chi connectivity index (χ3n) is 8.13. The molecule has 0 aliphatic carbocycles. The van der Waals surface area contributed by atoms with Crippen molar-refractivity contribution in [3.8, 4) is 0 Å². The van der Waals surface area contributed by atoms with Crippen LogP contribution in [0.25, 0.3) is 0 Å². The van der Waals surface area contributed by atoms with Crippen molar-refractivity contribution in [3.63, 3.8) is 0 Å². The van der Waals surface area contributed by atoms with Gasteiger partial charge in [-0.15, -0.1) is 0 Å². The lowest BCUT2D eigenvalue weighted by molar-refractivity contribution is -0.137. The van der Waals surface area contributed by atoms with E-state index in [1.54, 1.807) is 13.8 Å². The van der Waals surface area contributed by atoms with Crippen molar-refractivity contribution in [1.29, 1.82) is 0 Å². The molecule has 0 atom stereocenters. The molecule has 14 nitrogen and oxygen atoms in total. The fourth-order valence-electron chi connectivity index (χ4n) is 5.12. The van der Waals surface area contributed by atoms with E-state index in [1.165, 1.54) is 50.4 Å². The lowest BCUT2D eigenvalue weighted by Crippen LogP contribution is -2.30. The molecule has 0 unspecified atom stereocenters. The van der Waals surface area contributed by atoms with Gasteiger partial charge in [0.1, 0.15) is 23.2 Å². The van der Waals surface area contributed by atoms with Gasteiger partial charge in [-0.2, -0.15) is 10.2 Å². The van der Waals surface area contributed by atoms with Gasteiger partial charge in [0.2, 0.25) is 0 Å². The number of aryl methyl sites for hydroxylation is 2. The van der Waals surface area contributed by atoms with Crippen molar-refractivity contribution in [2.45, 2.75) is 39.2 Å². The molecule has 63 heavy (non-hydrogen) atoms. The van der Waals surface area contributed by atoms with Gasteiger partial charge in [0.25, 0.3) is 11.1 Å². The summed E-state index contributed by atoms with van der Waals surface area (Å²) in [5, 5.41) is 17.3. The van der Waals surface area contributed by atoms with Gasteiger partial charge in [-0.1, -0.05) is 34.1 Å². The van der Waals surface area contributed by atoms with Crippen molar-refractivity contribution in [2.24, 2.45) is 4.99 Å². The number of carbonyl (C=O) groups excluding carboxylic acids is 3. The summed E-state index contributed by atoms with van der Waals surface area (Å²) in [6.45, 7) is 4.70. The number of carbonyl (C=O) groups is 4. The van der Waals surface area contributed by atoms with Gasteiger partial charge in [0.05, 0.1) is 38.7 Å². The van der Waals surface area contributed by atoms with Crippen molar-refractivity contribution < 1.29 is 60.1 Å². The number of carboxylic acid groups (broad SMARTS) is 1. The van der Waals surface area contributed by atoms with Crippen LogP contribution >= 0.6 is 15.9 Å². The summed E-state index contributed by atoms with van der Waals surface area (Å²) in [7, 11) is 2.41. The van der Waals surface area contributed by atoms with Crippen LogP contribution in [0.2, 0.25) is 0 Å². The molecule has 3 aromatic carbocycles. The number of aromatic carboxylic acids is 1. The van der Waals surface area contributed by atoms with Crippen LogP contribution in [0, 0.1) is 48.8 Å². The summed E-state index contributed by atoms with van der Waals surface area (Å²) in [5.41, 5.74) is 0.893. The first-order valence-electron chi connectivity index (χ1n) is 17.9. The van der Waals surface area contributed by atoms with Crippen LogP contribution < -0.4 is 11.1 Å². The Kier molecular flexibility index (Phi) is 18.6. The Morgan fingerprint density at radius 3 is 1.46 bits per heavy atom. The molecule has 21 heteroatoms. The van der Waals surface area contributed by atoms with Crippen LogP contribution in [0.15, 0.2) is 93.0 Å². The fraction of sp³-hybridized carbons (Fsp3) is 0.214. The molecule has 0 radical (unpaired) electrons. The van der Waals surface area contributed by atoms with E-state index in [-0.39, 0.29) is 36.6 Å². The minimum absolute atomic E-state index is 0.0484. The highest BCUT2D eigenvalue weighted by Crippen LogP contribution is 2.13. The molecule has 0 fully saturated rings. The number of ketones is 1. The first-order chi connectivity index (χ1) is 29.7. The van der Waals surface area contributed by atoms with Crippen LogP contribution in [-0.4, -0.2) is 74.8 Å². The molecule has 0 saturated carbocycles. The number of carboxylic acids is 1. The maximum Gasteiger partial charge on any atom is 0.343 e. The van der Waals surface area contributed by atoms with Gasteiger partial charge in [0.15, 0.2) is 40.7 Å². The predicted octanol–water partition coefficient (Wildman–Crippen LogP) is 6.23. The first-order valence-corrected chi connectivity index (χ1v) is 19.0. The van der Waals surface area contributed by atoms with Gasteiger partial charge in [0, 0.05) is 11.0 Å². The topological polar surface area (TPSA) is 189 Å². The van der Waals surface area contributed by atoms with E-state index >= 15 is 0 Å². The number of methoxy groups -OCH3 is 2. The quantitative estimate of drug-likeness (QED) is 0.0804. The highest BCUT2D eigenvalue weighted by Gasteiger charge is 2.21.